The molecular weight excluding hydrogens is 467 g/mol. The molecule has 7 heteroatoms. The highest BCUT2D eigenvalue weighted by atomic mass is 127. The lowest BCUT2D eigenvalue weighted by molar-refractivity contribution is 0.271. The van der Waals surface area contributed by atoms with Gasteiger partial charge in [0.1, 0.15) is 11.5 Å². The third-order valence-electron chi connectivity index (χ3n) is 4.20. The van der Waals surface area contributed by atoms with Gasteiger partial charge in [0.2, 0.25) is 0 Å². The highest BCUT2D eigenvalue weighted by Gasteiger charge is 2.13. The molecule has 0 saturated carbocycles. The second-order valence-electron chi connectivity index (χ2n) is 6.87. The summed E-state index contributed by atoms with van der Waals surface area (Å²) in [7, 11) is 1.77. The maximum Gasteiger partial charge on any atom is 0.191 e. The van der Waals surface area contributed by atoms with Crippen LogP contribution in [0.2, 0.25) is 0 Å². The molecule has 0 spiro atoms. The first kappa shape index (κ1) is 24.3. The van der Waals surface area contributed by atoms with Crippen molar-refractivity contribution in [3.63, 3.8) is 0 Å². The minimum atomic E-state index is 0. The van der Waals surface area contributed by atoms with Gasteiger partial charge in [-0.2, -0.15) is 0 Å². The van der Waals surface area contributed by atoms with E-state index in [2.05, 4.69) is 60.6 Å². The molecule has 0 fully saturated rings. The third kappa shape index (κ3) is 7.33. The predicted octanol–water partition coefficient (Wildman–Crippen LogP) is 4.32. The molecule has 0 bridgehead atoms. The molecule has 1 heterocycles. The Morgan fingerprint density at radius 1 is 1.18 bits per heavy atom. The molecule has 2 rings (SSSR count). The van der Waals surface area contributed by atoms with Crippen LogP contribution < -0.4 is 15.4 Å². The van der Waals surface area contributed by atoms with Gasteiger partial charge in [-0.05, 0) is 30.0 Å². The van der Waals surface area contributed by atoms with E-state index in [4.69, 9.17) is 9.26 Å². The van der Waals surface area contributed by atoms with Crippen LogP contribution in [0, 0.1) is 5.92 Å². The van der Waals surface area contributed by atoms with E-state index >= 15 is 0 Å². The number of aromatic nitrogens is 1. The van der Waals surface area contributed by atoms with Crippen molar-refractivity contribution in [2.75, 3.05) is 13.7 Å². The fourth-order valence-electron chi connectivity index (χ4n) is 2.72. The Hall–Kier alpha value is -1.77. The molecule has 0 aliphatic rings. The van der Waals surface area contributed by atoms with Crippen LogP contribution in [0.4, 0.5) is 0 Å². The lowest BCUT2D eigenvalue weighted by Crippen LogP contribution is -2.36. The van der Waals surface area contributed by atoms with E-state index in [1.807, 2.05) is 12.1 Å². The maximum atomic E-state index is 5.80. The fraction of sp³-hybridized carbons (Fsp3) is 0.524. The molecule has 1 aromatic heterocycles. The van der Waals surface area contributed by atoms with E-state index in [0.29, 0.717) is 19.0 Å². The molecule has 2 aromatic rings. The normalized spacial score (nSPS) is 11.3. The topological polar surface area (TPSA) is 71.7 Å². The number of nitrogens with one attached hydrogen (secondary N) is 2. The van der Waals surface area contributed by atoms with Crippen LogP contribution in [-0.4, -0.2) is 24.8 Å². The van der Waals surface area contributed by atoms with Crippen molar-refractivity contribution < 1.29 is 9.26 Å². The summed E-state index contributed by atoms with van der Waals surface area (Å²) in [6, 6.07) is 8.14. The maximum absolute atomic E-state index is 5.80. The summed E-state index contributed by atoms with van der Waals surface area (Å²) in [6.45, 7) is 10.5. The van der Waals surface area contributed by atoms with Gasteiger partial charge < -0.3 is 19.9 Å². The lowest BCUT2D eigenvalue weighted by atomic mass is 10.1. The van der Waals surface area contributed by atoms with E-state index in [9.17, 15) is 0 Å². The number of rotatable bonds is 9. The first-order chi connectivity index (χ1) is 13.1. The first-order valence-electron chi connectivity index (χ1n) is 9.69. The fourth-order valence-corrected chi connectivity index (χ4v) is 2.72. The summed E-state index contributed by atoms with van der Waals surface area (Å²) in [5, 5.41) is 10.9. The molecule has 0 aliphatic carbocycles. The van der Waals surface area contributed by atoms with Crippen molar-refractivity contribution in [1.29, 1.82) is 0 Å². The van der Waals surface area contributed by atoms with Gasteiger partial charge >= 0.3 is 0 Å². The summed E-state index contributed by atoms with van der Waals surface area (Å²) in [4.78, 5) is 4.31. The summed E-state index contributed by atoms with van der Waals surface area (Å²) >= 11 is 0. The highest BCUT2D eigenvalue weighted by molar-refractivity contribution is 14.0. The van der Waals surface area contributed by atoms with E-state index in [-0.39, 0.29) is 24.0 Å². The molecule has 156 valence electrons. The minimum absolute atomic E-state index is 0. The number of guanidine groups is 1. The molecule has 0 unspecified atom stereocenters. The van der Waals surface area contributed by atoms with Gasteiger partial charge in [-0.15, -0.1) is 24.0 Å². The Bertz CT molecular complexity index is 722. The number of nitrogens with zero attached hydrogens (tertiary/aromatic N) is 2. The van der Waals surface area contributed by atoms with Crippen LogP contribution in [0.5, 0.6) is 5.75 Å². The molecule has 6 nitrogen and oxygen atoms in total. The van der Waals surface area contributed by atoms with Crippen LogP contribution in [0.1, 0.15) is 50.3 Å². The van der Waals surface area contributed by atoms with Crippen molar-refractivity contribution >= 4 is 29.9 Å². The van der Waals surface area contributed by atoms with E-state index < -0.39 is 0 Å². The Kier molecular flexibility index (Phi) is 11.0. The zero-order valence-electron chi connectivity index (χ0n) is 17.5. The van der Waals surface area contributed by atoms with Crippen LogP contribution >= 0.6 is 24.0 Å². The number of hydrogen-bond donors (Lipinski definition) is 2. The number of ether oxygens (including phenoxy) is 1. The number of benzene rings is 1. The predicted molar refractivity (Wildman–Crippen MR) is 124 cm³/mol. The number of aryl methyl sites for hydroxylation is 2. The Morgan fingerprint density at radius 2 is 1.93 bits per heavy atom. The summed E-state index contributed by atoms with van der Waals surface area (Å²) in [5.74, 6) is 3.09. The zero-order valence-corrected chi connectivity index (χ0v) is 19.9. The van der Waals surface area contributed by atoms with Crippen molar-refractivity contribution in [3.8, 4) is 5.75 Å². The zero-order chi connectivity index (χ0) is 19.6. The number of hydrogen-bond acceptors (Lipinski definition) is 4. The molecule has 0 saturated heterocycles. The minimum Gasteiger partial charge on any atom is -0.493 e. The van der Waals surface area contributed by atoms with Gasteiger partial charge in [0.25, 0.3) is 0 Å². The molecule has 0 amide bonds. The summed E-state index contributed by atoms with van der Waals surface area (Å²) < 4.78 is 11.2. The summed E-state index contributed by atoms with van der Waals surface area (Å²) in [6.07, 6.45) is 1.69. The van der Waals surface area contributed by atoms with Crippen molar-refractivity contribution in [2.45, 2.75) is 53.6 Å². The molecule has 28 heavy (non-hydrogen) atoms. The molecule has 0 atom stereocenters. The lowest BCUT2D eigenvalue weighted by Gasteiger charge is -2.13. The van der Waals surface area contributed by atoms with Gasteiger partial charge in [0.15, 0.2) is 5.96 Å². The number of halogens is 1. The van der Waals surface area contributed by atoms with Gasteiger partial charge in [-0.1, -0.05) is 45.0 Å². The molecule has 0 aliphatic heterocycles. The first-order valence-corrected chi connectivity index (χ1v) is 9.69. The van der Waals surface area contributed by atoms with Gasteiger partial charge in [-0.3, -0.25) is 4.99 Å². The van der Waals surface area contributed by atoms with E-state index in [0.717, 1.165) is 53.7 Å². The van der Waals surface area contributed by atoms with Gasteiger partial charge in [-0.25, -0.2) is 0 Å². The highest BCUT2D eigenvalue weighted by Crippen LogP contribution is 2.16. The molecule has 2 N–H and O–H groups in total. The van der Waals surface area contributed by atoms with Crippen LogP contribution in [-0.2, 0) is 25.9 Å². The second kappa shape index (κ2) is 12.6. The Morgan fingerprint density at radius 3 is 2.57 bits per heavy atom. The van der Waals surface area contributed by atoms with Crippen LogP contribution in [0.15, 0.2) is 33.8 Å². The summed E-state index contributed by atoms with van der Waals surface area (Å²) in [5.41, 5.74) is 3.28. The molecular formula is C21H33IN4O2. The van der Waals surface area contributed by atoms with Crippen molar-refractivity contribution in [1.82, 2.24) is 15.8 Å². The van der Waals surface area contributed by atoms with E-state index in [1.165, 1.54) is 0 Å². The Balaban J connectivity index is 0.00000392. The molecule has 1 aromatic carbocycles. The Labute approximate surface area is 185 Å². The van der Waals surface area contributed by atoms with Crippen LogP contribution in [0.3, 0.4) is 0 Å². The standard InChI is InChI=1S/C21H32N4O2.HI/c1-6-19-18(20(7-2)27-25-19)13-24-21(22-5)23-12-16-9-8-10-17(11-16)26-14-15(3)4;/h8-11,15H,6-7,12-14H2,1-5H3,(H2,22,23,24);1H. The number of aliphatic imine (C=N–C) groups is 1. The monoisotopic (exact) mass is 500 g/mol. The average molecular weight is 500 g/mol. The van der Waals surface area contributed by atoms with Gasteiger partial charge in [0, 0.05) is 32.1 Å². The largest absolute Gasteiger partial charge is 0.493 e. The smallest absolute Gasteiger partial charge is 0.191 e. The van der Waals surface area contributed by atoms with Crippen LogP contribution in [0.25, 0.3) is 0 Å². The van der Waals surface area contributed by atoms with E-state index in [1.54, 1.807) is 7.05 Å². The van der Waals surface area contributed by atoms with Crippen molar-refractivity contribution in [3.05, 3.63) is 46.8 Å². The third-order valence-corrected chi connectivity index (χ3v) is 4.20. The SMILES string of the molecule is CCc1noc(CC)c1CNC(=NC)NCc1cccc(OCC(C)C)c1.I. The van der Waals surface area contributed by atoms with Crippen molar-refractivity contribution in [2.24, 2.45) is 10.9 Å². The average Bonchev–Trinajstić information content (AvgIpc) is 3.09. The second-order valence-corrected chi connectivity index (χ2v) is 6.87. The van der Waals surface area contributed by atoms with Gasteiger partial charge in [0.05, 0.1) is 12.3 Å². The quantitative estimate of drug-likeness (QED) is 0.305. The molecule has 0 radical (unpaired) electrons.